The maximum Gasteiger partial charge on any atom is 0.323 e. The molecule has 3 aromatic rings. The van der Waals surface area contributed by atoms with E-state index in [0.29, 0.717) is 5.69 Å². The van der Waals surface area contributed by atoms with E-state index in [1.165, 1.54) is 61.6 Å². The Kier molecular flexibility index (Phi) is 11.2. The maximum absolute atomic E-state index is 10.7. The molecule has 0 atom stereocenters. The minimum atomic E-state index is -0.840. The number of methoxy groups -OCH3 is 1. The fourth-order valence-electron chi connectivity index (χ4n) is 4.81. The molecule has 1 heterocycles. The van der Waals surface area contributed by atoms with Crippen molar-refractivity contribution in [3.05, 3.63) is 58.8 Å². The van der Waals surface area contributed by atoms with Gasteiger partial charge in [-0.15, -0.1) is 0 Å². The van der Waals surface area contributed by atoms with E-state index in [1.807, 2.05) is 25.1 Å². The second-order valence-corrected chi connectivity index (χ2v) is 9.78. The minimum Gasteiger partial charge on any atom is -0.496 e. The highest BCUT2D eigenvalue weighted by molar-refractivity contribution is 5.85. The fourth-order valence-corrected chi connectivity index (χ4v) is 4.81. The van der Waals surface area contributed by atoms with Crippen LogP contribution in [0.25, 0.3) is 10.9 Å². The van der Waals surface area contributed by atoms with Gasteiger partial charge >= 0.3 is 5.97 Å². The average Bonchev–Trinajstić information content (AvgIpc) is 3.11. The van der Waals surface area contributed by atoms with Crippen LogP contribution in [0.15, 0.2) is 36.4 Å². The van der Waals surface area contributed by atoms with E-state index in [2.05, 4.69) is 39.8 Å². The molecule has 2 aromatic carbocycles. The number of hydrogen-bond donors (Lipinski definition) is 2. The summed E-state index contributed by atoms with van der Waals surface area (Å²) in [6.07, 6.45) is 10.4. The Morgan fingerprint density at radius 1 is 1.00 bits per heavy atom. The molecule has 1 aliphatic rings. The standard InChI is InChI=1S/C11H12N2O2.C10H14O.C9H18/c1-7-4-8-5-9(12)2-3-10(8)13(7)6-11(14)15;1-7-5-9(3)10(11-4)6-8(7)2;1-2-6-9-7-4-3-5-8-9/h2-5H,6,12H2,1H3,(H,14,15);5-6H,1-4H3;9H,2-8H2,1H3. The Morgan fingerprint density at radius 2 is 1.66 bits per heavy atom. The molecule has 35 heavy (non-hydrogen) atoms. The van der Waals surface area contributed by atoms with E-state index >= 15 is 0 Å². The van der Waals surface area contributed by atoms with Crippen molar-refractivity contribution in [3.8, 4) is 5.75 Å². The molecule has 1 aromatic heterocycles. The lowest BCUT2D eigenvalue weighted by Crippen LogP contribution is -2.09. The number of carboxylic acids is 1. The molecule has 1 aliphatic carbocycles. The molecular formula is C30H44N2O3. The summed E-state index contributed by atoms with van der Waals surface area (Å²) in [6.45, 7) is 10.4. The number of aromatic nitrogens is 1. The van der Waals surface area contributed by atoms with Crippen molar-refractivity contribution in [2.24, 2.45) is 5.92 Å². The molecular weight excluding hydrogens is 436 g/mol. The topological polar surface area (TPSA) is 77.5 Å². The maximum atomic E-state index is 10.7. The number of anilines is 1. The highest BCUT2D eigenvalue weighted by atomic mass is 16.5. The normalized spacial score (nSPS) is 13.4. The second-order valence-electron chi connectivity index (χ2n) is 9.78. The van der Waals surface area contributed by atoms with Gasteiger partial charge in [-0.25, -0.2) is 0 Å². The SMILES string of the molecule is CCCC1CCCCC1.COc1cc(C)c(C)cc1C.Cc1cc2cc(N)ccc2n1CC(=O)O. The Hall–Kier alpha value is -2.95. The highest BCUT2D eigenvalue weighted by Crippen LogP contribution is 2.27. The van der Waals surface area contributed by atoms with E-state index in [-0.39, 0.29) is 6.54 Å². The Morgan fingerprint density at radius 3 is 2.26 bits per heavy atom. The Labute approximate surface area is 211 Å². The highest BCUT2D eigenvalue weighted by Gasteiger charge is 2.11. The van der Waals surface area contributed by atoms with Gasteiger partial charge in [0.15, 0.2) is 0 Å². The number of ether oxygens (including phenoxy) is 1. The zero-order valence-electron chi connectivity index (χ0n) is 22.5. The molecule has 5 heteroatoms. The first-order valence-corrected chi connectivity index (χ1v) is 12.8. The van der Waals surface area contributed by atoms with Crippen molar-refractivity contribution in [2.75, 3.05) is 12.8 Å². The first-order chi connectivity index (χ1) is 16.7. The van der Waals surface area contributed by atoms with Crippen LogP contribution in [-0.4, -0.2) is 22.8 Å². The van der Waals surface area contributed by atoms with Gasteiger partial charge in [-0.05, 0) is 80.6 Å². The number of nitrogens with two attached hydrogens (primary N) is 1. The summed E-state index contributed by atoms with van der Waals surface area (Å²) < 4.78 is 6.94. The van der Waals surface area contributed by atoms with Gasteiger partial charge in [0.05, 0.1) is 7.11 Å². The second kappa shape index (κ2) is 13.8. The van der Waals surface area contributed by atoms with Gasteiger partial charge in [0.25, 0.3) is 0 Å². The summed E-state index contributed by atoms with van der Waals surface area (Å²) in [5, 5.41) is 9.76. The van der Waals surface area contributed by atoms with E-state index in [1.54, 1.807) is 17.7 Å². The summed E-state index contributed by atoms with van der Waals surface area (Å²) in [5.41, 5.74) is 12.0. The number of nitrogen functional groups attached to an aromatic ring is 1. The van der Waals surface area contributed by atoms with Gasteiger partial charge in [-0.3, -0.25) is 4.79 Å². The molecule has 0 amide bonds. The van der Waals surface area contributed by atoms with Gasteiger partial charge in [-0.1, -0.05) is 57.9 Å². The minimum absolute atomic E-state index is 0.0146. The average molecular weight is 481 g/mol. The molecule has 0 bridgehead atoms. The van der Waals surface area contributed by atoms with Crippen LogP contribution >= 0.6 is 0 Å². The number of benzene rings is 2. The van der Waals surface area contributed by atoms with Gasteiger partial charge in [0.1, 0.15) is 12.3 Å². The zero-order chi connectivity index (χ0) is 26.0. The molecule has 0 aliphatic heterocycles. The van der Waals surface area contributed by atoms with Gasteiger partial charge in [0.2, 0.25) is 0 Å². The van der Waals surface area contributed by atoms with E-state index < -0.39 is 5.97 Å². The number of fused-ring (bicyclic) bond motifs is 1. The predicted octanol–water partition coefficient (Wildman–Crippen LogP) is 7.60. The summed E-state index contributed by atoms with van der Waals surface area (Å²) in [7, 11) is 1.71. The van der Waals surface area contributed by atoms with Crippen molar-refractivity contribution in [2.45, 2.75) is 86.1 Å². The quantitative estimate of drug-likeness (QED) is 0.369. The third kappa shape index (κ3) is 8.65. The Bertz CT molecular complexity index is 1090. The summed E-state index contributed by atoms with van der Waals surface area (Å²) in [5.74, 6) is 1.24. The monoisotopic (exact) mass is 480 g/mol. The first kappa shape index (κ1) is 28.3. The number of carboxylic acid groups (broad SMARTS) is 1. The number of nitrogens with zero attached hydrogens (tertiary/aromatic N) is 1. The summed E-state index contributed by atoms with van der Waals surface area (Å²) >= 11 is 0. The number of hydrogen-bond acceptors (Lipinski definition) is 3. The van der Waals surface area contributed by atoms with Gasteiger partial charge in [0, 0.05) is 22.3 Å². The fraction of sp³-hybridized carbons (Fsp3) is 0.500. The first-order valence-electron chi connectivity index (χ1n) is 12.8. The number of aryl methyl sites for hydroxylation is 4. The molecule has 4 rings (SSSR count). The Balaban J connectivity index is 0.000000193. The lowest BCUT2D eigenvalue weighted by Gasteiger charge is -2.20. The molecule has 0 spiro atoms. The molecule has 0 radical (unpaired) electrons. The van der Waals surface area contributed by atoms with E-state index in [0.717, 1.165) is 28.3 Å². The largest absolute Gasteiger partial charge is 0.496 e. The van der Waals surface area contributed by atoms with E-state index in [9.17, 15) is 4.79 Å². The van der Waals surface area contributed by atoms with Crippen molar-refractivity contribution in [3.63, 3.8) is 0 Å². The van der Waals surface area contributed by atoms with Crippen molar-refractivity contribution in [1.82, 2.24) is 4.57 Å². The molecule has 1 saturated carbocycles. The van der Waals surface area contributed by atoms with Crippen molar-refractivity contribution >= 4 is 22.6 Å². The van der Waals surface area contributed by atoms with Crippen LogP contribution in [0, 0.1) is 33.6 Å². The number of carbonyl (C=O) groups is 1. The van der Waals surface area contributed by atoms with Crippen molar-refractivity contribution in [1.29, 1.82) is 0 Å². The predicted molar refractivity (Wildman–Crippen MR) is 147 cm³/mol. The van der Waals surface area contributed by atoms with Crippen LogP contribution in [0.4, 0.5) is 5.69 Å². The third-order valence-corrected chi connectivity index (χ3v) is 6.86. The third-order valence-electron chi connectivity index (χ3n) is 6.86. The molecule has 192 valence electrons. The smallest absolute Gasteiger partial charge is 0.323 e. The van der Waals surface area contributed by atoms with Crippen LogP contribution in [0.1, 0.15) is 74.3 Å². The molecule has 1 fully saturated rings. The zero-order valence-corrected chi connectivity index (χ0v) is 22.5. The van der Waals surface area contributed by atoms with Gasteiger partial charge < -0.3 is 20.1 Å². The van der Waals surface area contributed by atoms with Gasteiger partial charge in [-0.2, -0.15) is 0 Å². The van der Waals surface area contributed by atoms with Crippen LogP contribution < -0.4 is 10.5 Å². The summed E-state index contributed by atoms with van der Waals surface area (Å²) in [6, 6.07) is 11.6. The summed E-state index contributed by atoms with van der Waals surface area (Å²) in [4.78, 5) is 10.7. The van der Waals surface area contributed by atoms with Crippen LogP contribution in [-0.2, 0) is 11.3 Å². The molecule has 5 nitrogen and oxygen atoms in total. The van der Waals surface area contributed by atoms with Crippen LogP contribution in [0.5, 0.6) is 5.75 Å². The molecule has 0 saturated heterocycles. The molecule has 3 N–H and O–H groups in total. The van der Waals surface area contributed by atoms with Crippen molar-refractivity contribution < 1.29 is 14.6 Å². The van der Waals surface area contributed by atoms with Crippen LogP contribution in [0.3, 0.4) is 0 Å². The van der Waals surface area contributed by atoms with Crippen LogP contribution in [0.2, 0.25) is 0 Å². The molecule has 0 unspecified atom stereocenters. The number of rotatable bonds is 5. The van der Waals surface area contributed by atoms with E-state index in [4.69, 9.17) is 15.6 Å². The number of aliphatic carboxylic acids is 1. The lowest BCUT2D eigenvalue weighted by atomic mass is 9.86. The lowest BCUT2D eigenvalue weighted by molar-refractivity contribution is -0.137.